The van der Waals surface area contributed by atoms with Crippen LogP contribution in [0.4, 0.5) is 4.79 Å². The number of hydrogen-bond acceptors (Lipinski definition) is 5. The lowest BCUT2D eigenvalue weighted by Crippen LogP contribution is -2.53. The summed E-state index contributed by atoms with van der Waals surface area (Å²) in [6.07, 6.45) is 2.15. The van der Waals surface area contributed by atoms with Crippen LogP contribution in [-0.4, -0.2) is 64.1 Å². The summed E-state index contributed by atoms with van der Waals surface area (Å²) in [6, 6.07) is 11.8. The van der Waals surface area contributed by atoms with Gasteiger partial charge in [-0.2, -0.15) is 4.31 Å². The zero-order valence-corrected chi connectivity index (χ0v) is 20.2. The van der Waals surface area contributed by atoms with Crippen LogP contribution >= 0.6 is 11.6 Å². The quantitative estimate of drug-likeness (QED) is 0.637. The van der Waals surface area contributed by atoms with Crippen LogP contribution in [0.5, 0.6) is 11.5 Å². The van der Waals surface area contributed by atoms with E-state index in [1.54, 1.807) is 11.0 Å². The molecule has 1 heterocycles. The molecule has 1 aliphatic heterocycles. The van der Waals surface area contributed by atoms with E-state index in [0.717, 1.165) is 18.4 Å². The minimum Gasteiger partial charge on any atom is -0.493 e. The van der Waals surface area contributed by atoms with Gasteiger partial charge in [-0.3, -0.25) is 0 Å². The number of methoxy groups -OCH3 is 2. The van der Waals surface area contributed by atoms with Gasteiger partial charge >= 0.3 is 6.03 Å². The van der Waals surface area contributed by atoms with Crippen molar-refractivity contribution < 1.29 is 22.7 Å². The van der Waals surface area contributed by atoms with Crippen molar-refractivity contribution in [1.29, 1.82) is 0 Å². The number of benzene rings is 2. The average Bonchev–Trinajstić information content (AvgIpc) is 3.68. The van der Waals surface area contributed by atoms with E-state index < -0.39 is 10.0 Å². The zero-order valence-electron chi connectivity index (χ0n) is 18.7. The molecule has 0 bridgehead atoms. The van der Waals surface area contributed by atoms with Gasteiger partial charge in [0.1, 0.15) is 0 Å². The summed E-state index contributed by atoms with van der Waals surface area (Å²) in [6.45, 7) is 1.07. The number of nitrogens with zero attached hydrogens (tertiary/aromatic N) is 2. The van der Waals surface area contributed by atoms with E-state index in [0.29, 0.717) is 35.5 Å². The standard InChI is InChI=1S/C23H28ClN3O5S/c1-31-20-10-9-19(15-21(20)32-2)33(29,30)27-13-11-26(12-14-27)23(28)25-22(16-3-4-16)17-5-7-18(24)8-6-17/h5-10,15-16,22H,3-4,11-14H2,1-2H3,(H,25,28)/t22-/m0/s1. The number of hydrogen-bond donors (Lipinski definition) is 1. The zero-order chi connectivity index (χ0) is 23.6. The maximum absolute atomic E-state index is 13.1. The van der Waals surface area contributed by atoms with Gasteiger partial charge in [0.05, 0.1) is 25.2 Å². The maximum atomic E-state index is 13.1. The minimum atomic E-state index is -3.72. The van der Waals surface area contributed by atoms with Gasteiger partial charge in [-0.25, -0.2) is 13.2 Å². The number of urea groups is 1. The minimum absolute atomic E-state index is 0.0664. The molecule has 0 aromatic heterocycles. The van der Waals surface area contributed by atoms with Gasteiger partial charge in [0.25, 0.3) is 0 Å². The summed E-state index contributed by atoms with van der Waals surface area (Å²) in [7, 11) is -0.755. The fourth-order valence-corrected chi connectivity index (χ4v) is 5.62. The fraction of sp³-hybridized carbons (Fsp3) is 0.435. The summed E-state index contributed by atoms with van der Waals surface area (Å²) in [5.41, 5.74) is 1.03. The second kappa shape index (κ2) is 9.79. The van der Waals surface area contributed by atoms with Crippen LogP contribution in [0.1, 0.15) is 24.4 Å². The van der Waals surface area contributed by atoms with Gasteiger partial charge in [0.15, 0.2) is 11.5 Å². The molecule has 1 saturated heterocycles. The third-order valence-corrected chi connectivity index (χ3v) is 8.27. The number of carbonyl (C=O) groups excluding carboxylic acids is 1. The second-order valence-corrected chi connectivity index (χ2v) is 10.6. The Bertz CT molecular complexity index is 1100. The molecule has 2 aliphatic rings. The van der Waals surface area contributed by atoms with Gasteiger partial charge in [-0.15, -0.1) is 0 Å². The first-order chi connectivity index (χ1) is 15.8. The SMILES string of the molecule is COc1ccc(S(=O)(=O)N2CCN(C(=O)N[C@H](c3ccc(Cl)cc3)C3CC3)CC2)cc1OC. The lowest BCUT2D eigenvalue weighted by molar-refractivity contribution is 0.167. The number of carbonyl (C=O) groups is 1. The molecule has 33 heavy (non-hydrogen) atoms. The number of amides is 2. The Morgan fingerprint density at radius 1 is 1.00 bits per heavy atom. The molecule has 0 spiro atoms. The molecule has 1 aliphatic carbocycles. The third-order valence-electron chi connectivity index (χ3n) is 6.12. The molecule has 1 saturated carbocycles. The van der Waals surface area contributed by atoms with Gasteiger partial charge in [-0.05, 0) is 48.6 Å². The van der Waals surface area contributed by atoms with Crippen molar-refractivity contribution in [2.75, 3.05) is 40.4 Å². The van der Waals surface area contributed by atoms with Gasteiger partial charge < -0.3 is 19.7 Å². The highest BCUT2D eigenvalue weighted by Gasteiger charge is 2.36. The van der Waals surface area contributed by atoms with Crippen LogP contribution in [-0.2, 0) is 10.0 Å². The highest BCUT2D eigenvalue weighted by Crippen LogP contribution is 2.41. The molecule has 2 aromatic rings. The smallest absolute Gasteiger partial charge is 0.317 e. The van der Waals surface area contributed by atoms with Gasteiger partial charge in [0, 0.05) is 37.3 Å². The van der Waals surface area contributed by atoms with E-state index in [4.69, 9.17) is 21.1 Å². The van der Waals surface area contributed by atoms with Crippen molar-refractivity contribution in [1.82, 2.24) is 14.5 Å². The normalized spacial score (nSPS) is 18.0. The summed E-state index contributed by atoms with van der Waals surface area (Å²) in [5.74, 6) is 1.23. The van der Waals surface area contributed by atoms with Crippen LogP contribution in [0.2, 0.25) is 5.02 Å². The molecule has 0 unspecified atom stereocenters. The number of halogens is 1. The summed E-state index contributed by atoms with van der Waals surface area (Å²) in [5, 5.41) is 3.80. The van der Waals surface area contributed by atoms with Gasteiger partial charge in [0.2, 0.25) is 10.0 Å². The molecular weight excluding hydrogens is 466 g/mol. The van der Waals surface area contributed by atoms with E-state index >= 15 is 0 Å². The molecular formula is C23H28ClN3O5S. The van der Waals surface area contributed by atoms with E-state index in [9.17, 15) is 13.2 Å². The predicted molar refractivity (Wildman–Crippen MR) is 125 cm³/mol. The highest BCUT2D eigenvalue weighted by molar-refractivity contribution is 7.89. The van der Waals surface area contributed by atoms with Crippen LogP contribution < -0.4 is 14.8 Å². The Labute approximate surface area is 199 Å². The van der Waals surface area contributed by atoms with Gasteiger partial charge in [-0.1, -0.05) is 23.7 Å². The van der Waals surface area contributed by atoms with Crippen LogP contribution in [0.3, 0.4) is 0 Å². The monoisotopic (exact) mass is 493 g/mol. The molecule has 1 atom stereocenters. The van der Waals surface area contributed by atoms with Crippen molar-refractivity contribution >= 4 is 27.7 Å². The van der Waals surface area contributed by atoms with Crippen LogP contribution in [0.25, 0.3) is 0 Å². The van der Waals surface area contributed by atoms with E-state index in [1.807, 2.05) is 24.3 Å². The molecule has 2 aromatic carbocycles. The molecule has 1 N–H and O–H groups in total. The Hall–Kier alpha value is -2.49. The third kappa shape index (κ3) is 5.20. The summed E-state index contributed by atoms with van der Waals surface area (Å²) < 4.78 is 38.1. The molecule has 8 nitrogen and oxygen atoms in total. The molecule has 2 amide bonds. The van der Waals surface area contributed by atoms with Crippen molar-refractivity contribution in [3.8, 4) is 11.5 Å². The van der Waals surface area contributed by atoms with Crippen molar-refractivity contribution in [2.45, 2.75) is 23.8 Å². The lowest BCUT2D eigenvalue weighted by Gasteiger charge is -2.35. The number of ether oxygens (including phenoxy) is 2. The summed E-state index contributed by atoms with van der Waals surface area (Å²) in [4.78, 5) is 14.8. The Balaban J connectivity index is 1.39. The topological polar surface area (TPSA) is 88.2 Å². The Morgan fingerprint density at radius 2 is 1.64 bits per heavy atom. The Kier molecular flexibility index (Phi) is 7.02. The number of sulfonamides is 1. The van der Waals surface area contributed by atoms with E-state index in [2.05, 4.69) is 5.32 Å². The lowest BCUT2D eigenvalue weighted by atomic mass is 10.0. The predicted octanol–water partition coefficient (Wildman–Crippen LogP) is 3.52. The second-order valence-electron chi connectivity index (χ2n) is 8.22. The maximum Gasteiger partial charge on any atom is 0.317 e. The molecule has 178 valence electrons. The van der Waals surface area contributed by atoms with Crippen molar-refractivity contribution in [3.05, 3.63) is 53.1 Å². The van der Waals surface area contributed by atoms with E-state index in [-0.39, 0.29) is 30.1 Å². The van der Waals surface area contributed by atoms with E-state index in [1.165, 1.54) is 30.7 Å². The molecule has 4 rings (SSSR count). The number of rotatable bonds is 7. The van der Waals surface area contributed by atoms with Crippen LogP contribution in [0.15, 0.2) is 47.4 Å². The van der Waals surface area contributed by atoms with Crippen molar-refractivity contribution in [2.24, 2.45) is 5.92 Å². The summed E-state index contributed by atoms with van der Waals surface area (Å²) >= 11 is 6.00. The fourth-order valence-electron chi connectivity index (χ4n) is 4.05. The first-order valence-electron chi connectivity index (χ1n) is 10.9. The van der Waals surface area contributed by atoms with Crippen LogP contribution in [0, 0.1) is 5.92 Å². The molecule has 10 heteroatoms. The first-order valence-corrected chi connectivity index (χ1v) is 12.7. The average molecular weight is 494 g/mol. The highest BCUT2D eigenvalue weighted by atomic mass is 35.5. The molecule has 0 radical (unpaired) electrons. The first kappa shape index (κ1) is 23.7. The van der Waals surface area contributed by atoms with Crippen molar-refractivity contribution in [3.63, 3.8) is 0 Å². The molecule has 2 fully saturated rings. The number of piperazine rings is 1. The Morgan fingerprint density at radius 3 is 2.21 bits per heavy atom. The number of nitrogens with one attached hydrogen (secondary N) is 1. The largest absolute Gasteiger partial charge is 0.493 e.